The fraction of sp³-hybridized carbons (Fsp3) is 0.333. The van der Waals surface area contributed by atoms with Gasteiger partial charge in [-0.3, -0.25) is 0 Å². The molecule has 0 saturated heterocycles. The van der Waals surface area contributed by atoms with Gasteiger partial charge in [-0.2, -0.15) is 0 Å². The van der Waals surface area contributed by atoms with Gasteiger partial charge < -0.3 is 5.32 Å². The number of nitrogens with one attached hydrogen (secondary N) is 2. The molecule has 6 heteroatoms. The molecule has 4 nitrogen and oxygen atoms in total. The third-order valence-electron chi connectivity index (χ3n) is 4.32. The van der Waals surface area contributed by atoms with Gasteiger partial charge in [0.25, 0.3) is 0 Å². The number of anilines is 1. The Balaban J connectivity index is 1.74. The molecule has 1 aliphatic carbocycles. The molecule has 0 heterocycles. The van der Waals surface area contributed by atoms with Crippen molar-refractivity contribution < 1.29 is 12.8 Å². The number of rotatable bonds is 5. The second-order valence-electron chi connectivity index (χ2n) is 6.08. The Kier molecular flexibility index (Phi) is 5.16. The summed E-state index contributed by atoms with van der Waals surface area (Å²) in [6.07, 6.45) is 3.69. The first kappa shape index (κ1) is 16.9. The van der Waals surface area contributed by atoms with E-state index in [0.29, 0.717) is 0 Å². The fourth-order valence-electron chi connectivity index (χ4n) is 3.07. The van der Waals surface area contributed by atoms with Crippen LogP contribution in [0.2, 0.25) is 0 Å². The first-order valence-electron chi connectivity index (χ1n) is 8.14. The van der Waals surface area contributed by atoms with Crippen molar-refractivity contribution in [1.82, 2.24) is 4.72 Å². The second-order valence-corrected chi connectivity index (χ2v) is 7.80. The Morgan fingerprint density at radius 2 is 1.50 bits per heavy atom. The second kappa shape index (κ2) is 7.32. The zero-order chi connectivity index (χ0) is 17.0. The molecule has 2 aromatic rings. The summed E-state index contributed by atoms with van der Waals surface area (Å²) >= 11 is 0. The van der Waals surface area contributed by atoms with Crippen LogP contribution in [0.5, 0.6) is 0 Å². The maximum absolute atomic E-state index is 13.0. The summed E-state index contributed by atoms with van der Waals surface area (Å²) in [5, 5.41) is 3.34. The molecule has 24 heavy (non-hydrogen) atoms. The molecule has 2 aromatic carbocycles. The molecule has 0 amide bonds. The monoisotopic (exact) mass is 348 g/mol. The third kappa shape index (κ3) is 4.13. The molecule has 0 bridgehead atoms. The summed E-state index contributed by atoms with van der Waals surface area (Å²) in [5.41, 5.74) is 0.798. The number of sulfonamides is 1. The standard InChI is InChI=1S/C18H21FN2O2S/c19-14-10-12-15(13-11-14)20-17-8-4-5-9-18(17)21-24(22,23)16-6-2-1-3-7-16/h1-3,6-7,10-13,17-18,20-21H,4-5,8-9H2/t17-,18+/m0/s1. The highest BCUT2D eigenvalue weighted by Crippen LogP contribution is 2.24. The van der Waals surface area contributed by atoms with Gasteiger partial charge in [-0.05, 0) is 49.2 Å². The summed E-state index contributed by atoms with van der Waals surface area (Å²) < 4.78 is 41.0. The van der Waals surface area contributed by atoms with E-state index in [0.717, 1.165) is 31.4 Å². The van der Waals surface area contributed by atoms with Crippen molar-refractivity contribution in [1.29, 1.82) is 0 Å². The Hall–Kier alpha value is -1.92. The van der Waals surface area contributed by atoms with E-state index in [9.17, 15) is 12.8 Å². The first-order chi connectivity index (χ1) is 11.5. The molecule has 1 fully saturated rings. The van der Waals surface area contributed by atoms with E-state index in [-0.39, 0.29) is 22.8 Å². The molecule has 128 valence electrons. The molecule has 2 atom stereocenters. The maximum atomic E-state index is 13.0. The molecule has 1 aliphatic rings. The minimum absolute atomic E-state index is 0.0114. The van der Waals surface area contributed by atoms with E-state index in [4.69, 9.17) is 0 Å². The average Bonchev–Trinajstić information content (AvgIpc) is 2.59. The fourth-order valence-corrected chi connectivity index (χ4v) is 4.40. The SMILES string of the molecule is O=S(=O)(N[C@@H]1CCCC[C@@H]1Nc1ccc(F)cc1)c1ccccc1. The van der Waals surface area contributed by atoms with E-state index >= 15 is 0 Å². The summed E-state index contributed by atoms with van der Waals surface area (Å²) in [5.74, 6) is -0.287. The van der Waals surface area contributed by atoms with Crippen LogP contribution >= 0.6 is 0 Å². The lowest BCUT2D eigenvalue weighted by Gasteiger charge is -2.33. The number of halogens is 1. The highest BCUT2D eigenvalue weighted by atomic mass is 32.2. The van der Waals surface area contributed by atoms with Crippen LogP contribution in [0.4, 0.5) is 10.1 Å². The van der Waals surface area contributed by atoms with Gasteiger partial charge in [0.2, 0.25) is 10.0 Å². The van der Waals surface area contributed by atoms with Gasteiger partial charge in [0.1, 0.15) is 5.82 Å². The van der Waals surface area contributed by atoms with Gasteiger partial charge in [0, 0.05) is 17.8 Å². The molecular weight excluding hydrogens is 327 g/mol. The molecule has 0 spiro atoms. The van der Waals surface area contributed by atoms with Crippen LogP contribution in [0.25, 0.3) is 0 Å². The highest BCUT2D eigenvalue weighted by molar-refractivity contribution is 7.89. The maximum Gasteiger partial charge on any atom is 0.240 e. The Morgan fingerprint density at radius 1 is 0.875 bits per heavy atom. The summed E-state index contributed by atoms with van der Waals surface area (Å²) in [7, 11) is -3.54. The lowest BCUT2D eigenvalue weighted by Crippen LogP contribution is -2.48. The van der Waals surface area contributed by atoms with Crippen molar-refractivity contribution in [2.75, 3.05) is 5.32 Å². The van der Waals surface area contributed by atoms with Crippen LogP contribution in [0.3, 0.4) is 0 Å². The normalized spacial score (nSPS) is 21.4. The summed E-state index contributed by atoms with van der Waals surface area (Å²) in [6.45, 7) is 0. The van der Waals surface area contributed by atoms with Crippen molar-refractivity contribution in [2.45, 2.75) is 42.7 Å². The van der Waals surface area contributed by atoms with Gasteiger partial charge in [-0.25, -0.2) is 17.5 Å². The van der Waals surface area contributed by atoms with E-state index in [1.54, 1.807) is 42.5 Å². The molecule has 3 rings (SSSR count). The molecule has 0 unspecified atom stereocenters. The molecular formula is C18H21FN2O2S. The van der Waals surface area contributed by atoms with E-state index in [1.165, 1.54) is 12.1 Å². The summed E-state index contributed by atoms with van der Waals surface area (Å²) in [6, 6.07) is 14.3. The van der Waals surface area contributed by atoms with Crippen molar-refractivity contribution in [3.8, 4) is 0 Å². The van der Waals surface area contributed by atoms with Gasteiger partial charge in [-0.15, -0.1) is 0 Å². The van der Waals surface area contributed by atoms with Crippen LogP contribution in [0, 0.1) is 5.82 Å². The van der Waals surface area contributed by atoms with Crippen LogP contribution in [-0.2, 0) is 10.0 Å². The first-order valence-corrected chi connectivity index (χ1v) is 9.62. The predicted molar refractivity (Wildman–Crippen MR) is 92.8 cm³/mol. The molecule has 0 aromatic heterocycles. The topological polar surface area (TPSA) is 58.2 Å². The quantitative estimate of drug-likeness (QED) is 0.869. The summed E-state index contributed by atoms with van der Waals surface area (Å²) in [4.78, 5) is 0.274. The van der Waals surface area contributed by atoms with E-state index in [1.807, 2.05) is 0 Å². The predicted octanol–water partition coefficient (Wildman–Crippen LogP) is 3.53. The third-order valence-corrected chi connectivity index (χ3v) is 5.83. The Morgan fingerprint density at radius 3 is 2.17 bits per heavy atom. The largest absolute Gasteiger partial charge is 0.381 e. The average molecular weight is 348 g/mol. The zero-order valence-corrected chi connectivity index (χ0v) is 14.1. The van der Waals surface area contributed by atoms with Gasteiger partial charge in [-0.1, -0.05) is 31.0 Å². The van der Waals surface area contributed by atoms with Crippen LogP contribution in [-0.4, -0.2) is 20.5 Å². The Bertz CT molecular complexity index is 763. The van der Waals surface area contributed by atoms with Crippen molar-refractivity contribution in [2.24, 2.45) is 0 Å². The number of benzene rings is 2. The molecule has 0 aliphatic heterocycles. The van der Waals surface area contributed by atoms with E-state index < -0.39 is 10.0 Å². The Labute approximate surface area is 142 Å². The van der Waals surface area contributed by atoms with Crippen LogP contribution in [0.1, 0.15) is 25.7 Å². The lowest BCUT2D eigenvalue weighted by atomic mass is 9.91. The zero-order valence-electron chi connectivity index (χ0n) is 13.3. The number of hydrogen-bond donors (Lipinski definition) is 2. The van der Waals surface area contributed by atoms with Gasteiger partial charge in [0.15, 0.2) is 0 Å². The minimum atomic E-state index is -3.54. The van der Waals surface area contributed by atoms with Crippen molar-refractivity contribution in [3.63, 3.8) is 0 Å². The molecule has 1 saturated carbocycles. The molecule has 2 N–H and O–H groups in total. The minimum Gasteiger partial charge on any atom is -0.381 e. The van der Waals surface area contributed by atoms with E-state index in [2.05, 4.69) is 10.0 Å². The smallest absolute Gasteiger partial charge is 0.240 e. The van der Waals surface area contributed by atoms with Crippen molar-refractivity contribution in [3.05, 3.63) is 60.4 Å². The van der Waals surface area contributed by atoms with Gasteiger partial charge in [0.05, 0.1) is 4.90 Å². The highest BCUT2D eigenvalue weighted by Gasteiger charge is 2.29. The van der Waals surface area contributed by atoms with Crippen molar-refractivity contribution >= 4 is 15.7 Å². The lowest BCUT2D eigenvalue weighted by molar-refractivity contribution is 0.378. The molecule has 0 radical (unpaired) electrons. The van der Waals surface area contributed by atoms with Crippen LogP contribution in [0.15, 0.2) is 59.5 Å². The van der Waals surface area contributed by atoms with Gasteiger partial charge >= 0.3 is 0 Å². The van der Waals surface area contributed by atoms with Crippen LogP contribution < -0.4 is 10.0 Å². The number of hydrogen-bond acceptors (Lipinski definition) is 3.